The summed E-state index contributed by atoms with van der Waals surface area (Å²) < 4.78 is 19.2. The average Bonchev–Trinajstić information content (AvgIpc) is 2.70. The van der Waals surface area contributed by atoms with Gasteiger partial charge in [0.25, 0.3) is 11.8 Å². The van der Waals surface area contributed by atoms with Gasteiger partial charge in [-0.3, -0.25) is 14.6 Å². The second kappa shape index (κ2) is 8.09. The molecular weight excluding hydrogens is 349 g/mol. The third kappa shape index (κ3) is 4.46. The van der Waals surface area contributed by atoms with E-state index in [2.05, 4.69) is 15.6 Å². The van der Waals surface area contributed by atoms with Gasteiger partial charge >= 0.3 is 0 Å². The van der Waals surface area contributed by atoms with Crippen molar-refractivity contribution < 1.29 is 18.7 Å². The fourth-order valence-electron chi connectivity index (χ4n) is 2.38. The number of carbonyl (C=O) groups excluding carboxylic acids is 2. The van der Waals surface area contributed by atoms with E-state index >= 15 is 0 Å². The predicted octanol–water partition coefficient (Wildman–Crippen LogP) is 3.73. The van der Waals surface area contributed by atoms with Gasteiger partial charge < -0.3 is 15.4 Å². The fraction of sp³-hybridized carbons (Fsp3) is 0.0500. The molecule has 0 aliphatic rings. The Morgan fingerprint density at radius 3 is 2.52 bits per heavy atom. The van der Waals surface area contributed by atoms with Crippen molar-refractivity contribution in [1.29, 1.82) is 0 Å². The molecule has 3 rings (SSSR count). The van der Waals surface area contributed by atoms with Crippen molar-refractivity contribution in [3.8, 4) is 5.75 Å². The van der Waals surface area contributed by atoms with Crippen molar-refractivity contribution >= 4 is 23.2 Å². The summed E-state index contributed by atoms with van der Waals surface area (Å²) in [6.07, 6.45) is 3.01. The van der Waals surface area contributed by atoms with Gasteiger partial charge in [-0.05, 0) is 48.5 Å². The van der Waals surface area contributed by atoms with Crippen LogP contribution in [-0.2, 0) is 0 Å². The molecule has 6 nitrogen and oxygen atoms in total. The van der Waals surface area contributed by atoms with Crippen LogP contribution in [0.1, 0.15) is 20.7 Å². The minimum atomic E-state index is -0.698. The quantitative estimate of drug-likeness (QED) is 0.722. The normalized spacial score (nSPS) is 10.1. The smallest absolute Gasteiger partial charge is 0.258 e. The number of halogens is 1. The summed E-state index contributed by atoms with van der Waals surface area (Å²) in [7, 11) is 1.50. The molecule has 136 valence electrons. The number of carbonyl (C=O) groups is 2. The van der Waals surface area contributed by atoms with Crippen LogP contribution >= 0.6 is 0 Å². The third-order valence-corrected chi connectivity index (χ3v) is 3.72. The SMILES string of the molecule is COc1cccc(C(=O)Nc2ccc(F)c(C(=O)Nc3cccnc3)c2)c1. The van der Waals surface area contributed by atoms with E-state index in [0.717, 1.165) is 6.07 Å². The first-order valence-corrected chi connectivity index (χ1v) is 8.03. The monoisotopic (exact) mass is 365 g/mol. The number of hydrogen-bond donors (Lipinski definition) is 2. The Morgan fingerprint density at radius 2 is 1.78 bits per heavy atom. The number of nitrogens with one attached hydrogen (secondary N) is 2. The van der Waals surface area contributed by atoms with Crippen LogP contribution in [0.3, 0.4) is 0 Å². The zero-order valence-electron chi connectivity index (χ0n) is 14.4. The Bertz CT molecular complexity index is 977. The van der Waals surface area contributed by atoms with Gasteiger partial charge in [-0.15, -0.1) is 0 Å². The van der Waals surface area contributed by atoms with E-state index in [1.54, 1.807) is 42.6 Å². The molecule has 27 heavy (non-hydrogen) atoms. The summed E-state index contributed by atoms with van der Waals surface area (Å²) >= 11 is 0. The van der Waals surface area contributed by atoms with Gasteiger partial charge in [-0.2, -0.15) is 0 Å². The molecule has 2 N–H and O–H groups in total. The second-order valence-corrected chi connectivity index (χ2v) is 5.58. The summed E-state index contributed by atoms with van der Waals surface area (Å²) in [5.41, 5.74) is 0.913. The zero-order chi connectivity index (χ0) is 19.2. The van der Waals surface area contributed by atoms with Gasteiger partial charge in [-0.25, -0.2) is 4.39 Å². The van der Waals surface area contributed by atoms with Crippen molar-refractivity contribution in [2.45, 2.75) is 0 Å². The molecular formula is C20H16FN3O3. The summed E-state index contributed by atoms with van der Waals surface area (Å²) in [5.74, 6) is -1.20. The first kappa shape index (κ1) is 18.1. The van der Waals surface area contributed by atoms with Gasteiger partial charge in [0.2, 0.25) is 0 Å². The van der Waals surface area contributed by atoms with E-state index in [-0.39, 0.29) is 5.56 Å². The molecule has 0 spiro atoms. The fourth-order valence-corrected chi connectivity index (χ4v) is 2.38. The van der Waals surface area contributed by atoms with Gasteiger partial charge in [-0.1, -0.05) is 6.07 Å². The number of anilines is 2. The Kier molecular flexibility index (Phi) is 5.41. The molecule has 0 aliphatic heterocycles. The lowest BCUT2D eigenvalue weighted by Crippen LogP contribution is -2.16. The molecule has 0 saturated carbocycles. The van der Waals surface area contributed by atoms with Crippen LogP contribution in [-0.4, -0.2) is 23.9 Å². The van der Waals surface area contributed by atoms with Crippen molar-refractivity contribution in [2.75, 3.05) is 17.7 Å². The van der Waals surface area contributed by atoms with E-state index in [4.69, 9.17) is 4.74 Å². The number of methoxy groups -OCH3 is 1. The van der Waals surface area contributed by atoms with Crippen LogP contribution in [0.25, 0.3) is 0 Å². The van der Waals surface area contributed by atoms with Gasteiger partial charge in [0, 0.05) is 17.4 Å². The summed E-state index contributed by atoms with van der Waals surface area (Å²) in [6, 6.07) is 13.7. The maximum Gasteiger partial charge on any atom is 0.258 e. The number of ether oxygens (including phenoxy) is 1. The van der Waals surface area contributed by atoms with Crippen molar-refractivity contribution in [3.05, 3.63) is 83.9 Å². The van der Waals surface area contributed by atoms with Crippen molar-refractivity contribution in [2.24, 2.45) is 0 Å². The highest BCUT2D eigenvalue weighted by Crippen LogP contribution is 2.19. The lowest BCUT2D eigenvalue weighted by molar-refractivity contribution is 0.101. The highest BCUT2D eigenvalue weighted by atomic mass is 19.1. The molecule has 0 fully saturated rings. The molecule has 0 atom stereocenters. The number of amides is 2. The standard InChI is InChI=1S/C20H16FN3O3/c1-27-16-6-2-4-13(10-16)19(25)23-14-7-8-18(21)17(11-14)20(26)24-15-5-3-9-22-12-15/h2-12H,1H3,(H,23,25)(H,24,26). The lowest BCUT2D eigenvalue weighted by Gasteiger charge is -2.10. The number of pyridine rings is 1. The number of aromatic nitrogens is 1. The molecule has 2 amide bonds. The van der Waals surface area contributed by atoms with Crippen LogP contribution in [0.15, 0.2) is 67.0 Å². The molecule has 0 saturated heterocycles. The van der Waals surface area contributed by atoms with E-state index in [9.17, 15) is 14.0 Å². The number of benzene rings is 2. The third-order valence-electron chi connectivity index (χ3n) is 3.72. The van der Waals surface area contributed by atoms with E-state index < -0.39 is 17.6 Å². The highest BCUT2D eigenvalue weighted by Gasteiger charge is 2.15. The van der Waals surface area contributed by atoms with E-state index in [1.807, 2.05) is 0 Å². The Hall–Kier alpha value is -3.74. The Labute approximate surface area is 155 Å². The zero-order valence-corrected chi connectivity index (χ0v) is 14.4. The highest BCUT2D eigenvalue weighted by molar-refractivity contribution is 6.07. The molecule has 0 radical (unpaired) electrons. The molecule has 2 aromatic carbocycles. The van der Waals surface area contributed by atoms with Crippen LogP contribution < -0.4 is 15.4 Å². The van der Waals surface area contributed by atoms with Crippen LogP contribution in [0.4, 0.5) is 15.8 Å². The average molecular weight is 365 g/mol. The number of nitrogens with zero attached hydrogens (tertiary/aromatic N) is 1. The van der Waals surface area contributed by atoms with Crippen molar-refractivity contribution in [3.63, 3.8) is 0 Å². The maximum absolute atomic E-state index is 14.1. The molecule has 0 aliphatic carbocycles. The van der Waals surface area contributed by atoms with Gasteiger partial charge in [0.05, 0.1) is 24.6 Å². The summed E-state index contributed by atoms with van der Waals surface area (Å²) in [4.78, 5) is 28.6. The second-order valence-electron chi connectivity index (χ2n) is 5.58. The van der Waals surface area contributed by atoms with Crippen molar-refractivity contribution in [1.82, 2.24) is 4.98 Å². The van der Waals surface area contributed by atoms with E-state index in [1.165, 1.54) is 25.4 Å². The molecule has 1 aromatic heterocycles. The number of rotatable bonds is 5. The Morgan fingerprint density at radius 1 is 0.963 bits per heavy atom. The van der Waals surface area contributed by atoms with Crippen LogP contribution in [0.5, 0.6) is 5.75 Å². The van der Waals surface area contributed by atoms with Crippen LogP contribution in [0.2, 0.25) is 0 Å². The first-order chi connectivity index (χ1) is 13.1. The largest absolute Gasteiger partial charge is 0.497 e. The van der Waals surface area contributed by atoms with Crippen LogP contribution in [0, 0.1) is 5.82 Å². The lowest BCUT2D eigenvalue weighted by atomic mass is 10.1. The maximum atomic E-state index is 14.1. The first-order valence-electron chi connectivity index (χ1n) is 8.03. The summed E-state index contributed by atoms with van der Waals surface area (Å²) in [6.45, 7) is 0. The Balaban J connectivity index is 1.78. The number of hydrogen-bond acceptors (Lipinski definition) is 4. The molecule has 7 heteroatoms. The predicted molar refractivity (Wildman–Crippen MR) is 99.5 cm³/mol. The van der Waals surface area contributed by atoms with Gasteiger partial charge in [0.1, 0.15) is 11.6 Å². The molecule has 0 bridgehead atoms. The topological polar surface area (TPSA) is 80.3 Å². The molecule has 3 aromatic rings. The minimum Gasteiger partial charge on any atom is -0.497 e. The molecule has 0 unspecified atom stereocenters. The summed E-state index contributed by atoms with van der Waals surface area (Å²) in [5, 5.41) is 5.20. The molecule has 1 heterocycles. The van der Waals surface area contributed by atoms with E-state index in [0.29, 0.717) is 22.7 Å². The minimum absolute atomic E-state index is 0.192. The van der Waals surface area contributed by atoms with Gasteiger partial charge in [0.15, 0.2) is 0 Å².